The fourth-order valence-electron chi connectivity index (χ4n) is 5.75. The van der Waals surface area contributed by atoms with Crippen LogP contribution in [0, 0.1) is 17.8 Å². The van der Waals surface area contributed by atoms with Crippen molar-refractivity contribution in [1.29, 1.82) is 0 Å². The highest BCUT2D eigenvalue weighted by atomic mass is 16.7. The van der Waals surface area contributed by atoms with Crippen LogP contribution in [0.2, 0.25) is 0 Å². The van der Waals surface area contributed by atoms with Crippen molar-refractivity contribution in [2.24, 2.45) is 17.8 Å². The lowest BCUT2D eigenvalue weighted by atomic mass is 9.82. The van der Waals surface area contributed by atoms with Gasteiger partial charge in [-0.1, -0.05) is 0 Å². The minimum absolute atomic E-state index is 0.0458. The van der Waals surface area contributed by atoms with Gasteiger partial charge in [-0.05, 0) is 77.9 Å². The van der Waals surface area contributed by atoms with Crippen LogP contribution in [0.25, 0.3) is 0 Å². The van der Waals surface area contributed by atoms with Crippen molar-refractivity contribution in [3.63, 3.8) is 0 Å². The average Bonchev–Trinajstić information content (AvgIpc) is 3.38. The van der Waals surface area contributed by atoms with Crippen LogP contribution in [0.3, 0.4) is 0 Å². The predicted molar refractivity (Wildman–Crippen MR) is 111 cm³/mol. The van der Waals surface area contributed by atoms with Crippen molar-refractivity contribution >= 4 is 5.97 Å². The second kappa shape index (κ2) is 9.58. The lowest BCUT2D eigenvalue weighted by Crippen LogP contribution is -2.54. The van der Waals surface area contributed by atoms with Crippen LogP contribution >= 0.6 is 0 Å². The van der Waals surface area contributed by atoms with Gasteiger partial charge in [0.2, 0.25) is 0 Å². The van der Waals surface area contributed by atoms with Crippen LogP contribution in [0.15, 0.2) is 0 Å². The molecule has 3 saturated heterocycles. The predicted octanol–water partition coefficient (Wildman–Crippen LogP) is 1.01. The quantitative estimate of drug-likeness (QED) is 0.517. The van der Waals surface area contributed by atoms with Gasteiger partial charge in [0.25, 0.3) is 0 Å². The first-order valence-corrected chi connectivity index (χ1v) is 11.5. The molecule has 8 nitrogen and oxygen atoms in total. The molecular weight excluding hydrogens is 370 g/mol. The molecule has 0 bridgehead atoms. The summed E-state index contributed by atoms with van der Waals surface area (Å²) in [6, 6.07) is 0.413. The van der Waals surface area contributed by atoms with Crippen molar-refractivity contribution in [1.82, 2.24) is 25.9 Å². The normalized spacial score (nSPS) is 41.8. The molecule has 0 aromatic carbocycles. The van der Waals surface area contributed by atoms with Gasteiger partial charge in [0.05, 0.1) is 24.3 Å². The van der Waals surface area contributed by atoms with Crippen LogP contribution < -0.4 is 16.1 Å². The molecule has 4 fully saturated rings. The Morgan fingerprint density at radius 3 is 2.59 bits per heavy atom. The third kappa shape index (κ3) is 5.11. The van der Waals surface area contributed by atoms with Gasteiger partial charge in [0.15, 0.2) is 0 Å². The first kappa shape index (κ1) is 21.5. The number of hydroxylamine groups is 1. The summed E-state index contributed by atoms with van der Waals surface area (Å²) >= 11 is 0. The Hall–Kier alpha value is -0.770. The smallest absolute Gasteiger partial charge is 0.306 e. The van der Waals surface area contributed by atoms with E-state index in [-0.39, 0.29) is 18.3 Å². The van der Waals surface area contributed by atoms with E-state index in [1.165, 1.54) is 19.3 Å². The van der Waals surface area contributed by atoms with Crippen LogP contribution in [-0.4, -0.2) is 79.2 Å². The second-order valence-corrected chi connectivity index (χ2v) is 9.79. The van der Waals surface area contributed by atoms with E-state index >= 15 is 0 Å². The van der Waals surface area contributed by atoms with Gasteiger partial charge < -0.3 is 10.4 Å². The number of nitrogens with one attached hydrogen (secondary N) is 3. The molecule has 166 valence electrons. The van der Waals surface area contributed by atoms with E-state index in [1.807, 2.05) is 0 Å². The third-order valence-electron chi connectivity index (χ3n) is 7.64. The molecule has 3 heterocycles. The number of carboxylic acids is 1. The van der Waals surface area contributed by atoms with Crippen LogP contribution in [0.4, 0.5) is 0 Å². The number of hydrogen-bond acceptors (Lipinski definition) is 7. The number of aliphatic carboxylic acids is 1. The minimum Gasteiger partial charge on any atom is -0.481 e. The van der Waals surface area contributed by atoms with Gasteiger partial charge in [-0.2, -0.15) is 5.48 Å². The summed E-state index contributed by atoms with van der Waals surface area (Å²) in [5.41, 5.74) is 3.28. The van der Waals surface area contributed by atoms with Crippen molar-refractivity contribution in [3.05, 3.63) is 0 Å². The van der Waals surface area contributed by atoms with Crippen molar-refractivity contribution in [2.45, 2.75) is 76.0 Å². The number of piperidine rings is 1. The zero-order chi connectivity index (χ0) is 20.4. The van der Waals surface area contributed by atoms with Crippen molar-refractivity contribution in [3.8, 4) is 0 Å². The standard InChI is InChI=1S/C21H39N5O3/c1-25(2)18-10-9-16(12-22-18)19-23-20(29-24-19)17-4-3-11-26(17)13-14-5-7-15(8-6-14)21(27)28/h14-20,22-24H,3-13H2,1-2H3,(H,27,28). The molecule has 4 N–H and O–H groups in total. The third-order valence-corrected chi connectivity index (χ3v) is 7.64. The van der Waals surface area contributed by atoms with Gasteiger partial charge in [0.1, 0.15) is 6.23 Å². The van der Waals surface area contributed by atoms with E-state index in [2.05, 4.69) is 40.0 Å². The number of carbonyl (C=O) groups is 1. The van der Waals surface area contributed by atoms with Gasteiger partial charge in [-0.25, -0.2) is 0 Å². The highest BCUT2D eigenvalue weighted by Gasteiger charge is 2.41. The number of nitrogens with zero attached hydrogens (tertiary/aromatic N) is 2. The molecule has 3 aliphatic heterocycles. The van der Waals surface area contributed by atoms with E-state index in [0.717, 1.165) is 51.7 Å². The maximum Gasteiger partial charge on any atom is 0.306 e. The number of hydrogen-bond donors (Lipinski definition) is 4. The molecule has 0 aromatic heterocycles. The summed E-state index contributed by atoms with van der Waals surface area (Å²) in [6.07, 6.45) is 9.24. The van der Waals surface area contributed by atoms with Crippen LogP contribution in [0.5, 0.6) is 0 Å². The maximum absolute atomic E-state index is 11.2. The molecule has 0 radical (unpaired) electrons. The minimum atomic E-state index is -0.614. The van der Waals surface area contributed by atoms with E-state index in [4.69, 9.17) is 4.84 Å². The summed E-state index contributed by atoms with van der Waals surface area (Å²) in [5.74, 6) is 0.429. The van der Waals surface area contributed by atoms with Gasteiger partial charge in [-0.15, -0.1) is 0 Å². The first-order chi connectivity index (χ1) is 14.0. The average molecular weight is 410 g/mol. The molecule has 5 unspecified atom stereocenters. The molecule has 0 spiro atoms. The molecule has 8 heteroatoms. The van der Waals surface area contributed by atoms with Gasteiger partial charge in [-0.3, -0.25) is 24.7 Å². The maximum atomic E-state index is 11.2. The zero-order valence-electron chi connectivity index (χ0n) is 18.0. The fraction of sp³-hybridized carbons (Fsp3) is 0.952. The molecule has 1 aliphatic carbocycles. The Balaban J connectivity index is 1.24. The Kier molecular flexibility index (Phi) is 7.09. The van der Waals surface area contributed by atoms with E-state index in [0.29, 0.717) is 24.0 Å². The molecule has 29 heavy (non-hydrogen) atoms. The van der Waals surface area contributed by atoms with Gasteiger partial charge in [0, 0.05) is 19.0 Å². The highest BCUT2D eigenvalue weighted by Crippen LogP contribution is 2.32. The van der Waals surface area contributed by atoms with Crippen molar-refractivity contribution in [2.75, 3.05) is 33.7 Å². The van der Waals surface area contributed by atoms with Gasteiger partial charge >= 0.3 is 5.97 Å². The summed E-state index contributed by atoms with van der Waals surface area (Å²) in [4.78, 5) is 22.1. The number of likely N-dealkylation sites (tertiary alicyclic amines) is 1. The molecule has 4 rings (SSSR count). The van der Waals surface area contributed by atoms with Crippen LogP contribution in [0.1, 0.15) is 51.4 Å². The fourth-order valence-corrected chi connectivity index (χ4v) is 5.75. The Morgan fingerprint density at radius 1 is 1.14 bits per heavy atom. The number of carboxylic acid groups (broad SMARTS) is 1. The Labute approximate surface area is 174 Å². The zero-order valence-corrected chi connectivity index (χ0v) is 18.0. The lowest BCUT2D eigenvalue weighted by molar-refractivity contribution is -0.143. The molecule has 5 atom stereocenters. The lowest BCUT2D eigenvalue weighted by Gasteiger charge is -2.36. The van der Waals surface area contributed by atoms with E-state index in [1.54, 1.807) is 0 Å². The summed E-state index contributed by atoms with van der Waals surface area (Å²) in [6.45, 7) is 3.22. The number of rotatable bonds is 6. The summed E-state index contributed by atoms with van der Waals surface area (Å²) < 4.78 is 0. The van der Waals surface area contributed by atoms with Crippen LogP contribution in [-0.2, 0) is 9.63 Å². The Bertz CT molecular complexity index is 546. The van der Waals surface area contributed by atoms with Crippen molar-refractivity contribution < 1.29 is 14.7 Å². The first-order valence-electron chi connectivity index (χ1n) is 11.5. The second-order valence-electron chi connectivity index (χ2n) is 9.79. The molecule has 1 saturated carbocycles. The molecule has 4 aliphatic rings. The SMILES string of the molecule is CN(C)C1CCC(C2NOC(C3CCCN3CC3CCC(C(=O)O)CC3)N2)CN1. The monoisotopic (exact) mass is 409 g/mol. The Morgan fingerprint density at radius 2 is 1.93 bits per heavy atom. The topological polar surface area (TPSA) is 89.1 Å². The largest absolute Gasteiger partial charge is 0.481 e. The molecule has 0 amide bonds. The molecular formula is C21H39N5O3. The molecule has 0 aromatic rings. The highest BCUT2D eigenvalue weighted by molar-refractivity contribution is 5.69. The summed E-state index contributed by atoms with van der Waals surface area (Å²) in [5, 5.41) is 16.6. The van der Waals surface area contributed by atoms with E-state index < -0.39 is 5.97 Å². The summed E-state index contributed by atoms with van der Waals surface area (Å²) in [7, 11) is 4.26. The van der Waals surface area contributed by atoms with E-state index in [9.17, 15) is 9.90 Å².